The molecule has 5 nitrogen and oxygen atoms in total. The number of amides is 1. The molecule has 0 aromatic heterocycles. The van der Waals surface area contributed by atoms with E-state index in [9.17, 15) is 13.2 Å². The molecule has 3 rings (SSSR count). The third-order valence-electron chi connectivity index (χ3n) is 4.75. The molecule has 0 spiro atoms. The first-order chi connectivity index (χ1) is 13.8. The van der Waals surface area contributed by atoms with Crippen LogP contribution in [0.4, 0.5) is 11.4 Å². The molecule has 0 radical (unpaired) electrons. The fraction of sp³-hybridized carbons (Fsp3) is 0.174. The quantitative estimate of drug-likeness (QED) is 0.639. The van der Waals surface area contributed by atoms with Gasteiger partial charge in [0.1, 0.15) is 0 Å². The number of aryl methyl sites for hydroxylation is 2. The van der Waals surface area contributed by atoms with Gasteiger partial charge in [0.25, 0.3) is 5.91 Å². The van der Waals surface area contributed by atoms with E-state index in [0.717, 1.165) is 24.7 Å². The number of benzene rings is 3. The van der Waals surface area contributed by atoms with Gasteiger partial charge in [0.2, 0.25) is 10.0 Å². The fourth-order valence-corrected chi connectivity index (χ4v) is 3.55. The summed E-state index contributed by atoms with van der Waals surface area (Å²) in [4.78, 5) is 12.9. The van der Waals surface area contributed by atoms with E-state index in [2.05, 4.69) is 17.4 Å². The topological polar surface area (TPSA) is 66.5 Å². The van der Waals surface area contributed by atoms with Crippen molar-refractivity contribution in [1.82, 2.24) is 0 Å². The molecular formula is C23H24N2O3S. The molecule has 0 unspecified atom stereocenters. The Morgan fingerprint density at radius 3 is 2.31 bits per heavy atom. The second kappa shape index (κ2) is 8.92. The van der Waals surface area contributed by atoms with Crippen molar-refractivity contribution in [3.63, 3.8) is 0 Å². The molecule has 29 heavy (non-hydrogen) atoms. The molecule has 0 aliphatic carbocycles. The smallest absolute Gasteiger partial charge is 0.255 e. The van der Waals surface area contributed by atoms with Crippen molar-refractivity contribution in [3.8, 4) is 0 Å². The van der Waals surface area contributed by atoms with Gasteiger partial charge in [0.15, 0.2) is 0 Å². The largest absolute Gasteiger partial charge is 0.322 e. The Kier molecular flexibility index (Phi) is 6.34. The zero-order valence-electron chi connectivity index (χ0n) is 16.5. The van der Waals surface area contributed by atoms with Gasteiger partial charge in [-0.15, -0.1) is 0 Å². The first-order valence-corrected chi connectivity index (χ1v) is 11.2. The van der Waals surface area contributed by atoms with Gasteiger partial charge in [-0.25, -0.2) is 8.42 Å². The average molecular weight is 409 g/mol. The highest BCUT2D eigenvalue weighted by atomic mass is 32.2. The van der Waals surface area contributed by atoms with Gasteiger partial charge >= 0.3 is 0 Å². The van der Waals surface area contributed by atoms with Crippen molar-refractivity contribution in [2.24, 2.45) is 0 Å². The maximum Gasteiger partial charge on any atom is 0.255 e. The van der Waals surface area contributed by atoms with Gasteiger partial charge in [0, 0.05) is 18.3 Å². The number of sulfonamides is 1. The van der Waals surface area contributed by atoms with Gasteiger partial charge in [-0.3, -0.25) is 9.10 Å². The van der Waals surface area contributed by atoms with Crippen LogP contribution in [0.15, 0.2) is 78.9 Å². The Hall–Kier alpha value is -3.12. The minimum absolute atomic E-state index is 0.215. The standard InChI is InChI=1S/C23H24N2O3S/c1-25(29(2,27)28)21-13-8-12-20(17-21)24-23(26)22-14-7-6-11-19(22)16-15-18-9-4-3-5-10-18/h3-14,17H,15-16H2,1-2H3,(H,24,26). The zero-order valence-corrected chi connectivity index (χ0v) is 17.3. The molecule has 6 heteroatoms. The lowest BCUT2D eigenvalue weighted by Gasteiger charge is -2.17. The van der Waals surface area contributed by atoms with E-state index < -0.39 is 10.0 Å². The number of nitrogens with zero attached hydrogens (tertiary/aromatic N) is 1. The molecule has 0 bridgehead atoms. The third-order valence-corrected chi connectivity index (χ3v) is 5.96. The monoisotopic (exact) mass is 408 g/mol. The molecule has 0 aliphatic rings. The summed E-state index contributed by atoms with van der Waals surface area (Å²) in [6, 6.07) is 24.5. The van der Waals surface area contributed by atoms with E-state index >= 15 is 0 Å². The summed E-state index contributed by atoms with van der Waals surface area (Å²) in [7, 11) is -1.89. The number of carbonyl (C=O) groups excluding carboxylic acids is 1. The molecule has 1 N–H and O–H groups in total. The summed E-state index contributed by atoms with van der Waals surface area (Å²) >= 11 is 0. The molecule has 0 saturated heterocycles. The van der Waals surface area contributed by atoms with Gasteiger partial charge < -0.3 is 5.32 Å². The highest BCUT2D eigenvalue weighted by Crippen LogP contribution is 2.21. The summed E-state index contributed by atoms with van der Waals surface area (Å²) in [6.07, 6.45) is 2.74. The lowest BCUT2D eigenvalue weighted by atomic mass is 9.99. The van der Waals surface area contributed by atoms with Crippen molar-refractivity contribution < 1.29 is 13.2 Å². The van der Waals surface area contributed by atoms with Gasteiger partial charge in [-0.05, 0) is 48.2 Å². The first-order valence-electron chi connectivity index (χ1n) is 9.32. The summed E-state index contributed by atoms with van der Waals surface area (Å²) < 4.78 is 24.7. The number of rotatable bonds is 7. The van der Waals surface area contributed by atoms with E-state index in [1.54, 1.807) is 24.3 Å². The number of nitrogens with one attached hydrogen (secondary N) is 1. The van der Waals surface area contributed by atoms with E-state index in [0.29, 0.717) is 16.9 Å². The normalized spacial score (nSPS) is 11.1. The summed E-state index contributed by atoms with van der Waals surface area (Å²) in [5.74, 6) is -0.215. The lowest BCUT2D eigenvalue weighted by molar-refractivity contribution is 0.102. The summed E-state index contributed by atoms with van der Waals surface area (Å²) in [6.45, 7) is 0. The van der Waals surface area contributed by atoms with E-state index in [1.807, 2.05) is 42.5 Å². The maximum atomic E-state index is 12.9. The molecule has 0 fully saturated rings. The van der Waals surface area contributed by atoms with Crippen LogP contribution < -0.4 is 9.62 Å². The lowest BCUT2D eigenvalue weighted by Crippen LogP contribution is -2.25. The number of anilines is 2. The molecular weight excluding hydrogens is 384 g/mol. The molecule has 0 saturated carbocycles. The number of carbonyl (C=O) groups is 1. The fourth-order valence-electron chi connectivity index (χ4n) is 3.05. The van der Waals surface area contributed by atoms with Crippen LogP contribution in [0.2, 0.25) is 0 Å². The van der Waals surface area contributed by atoms with Crippen molar-refractivity contribution in [3.05, 3.63) is 95.6 Å². The Bertz CT molecular complexity index is 1100. The molecule has 150 valence electrons. The number of hydrogen-bond donors (Lipinski definition) is 1. The van der Waals surface area contributed by atoms with Crippen LogP contribution in [0.25, 0.3) is 0 Å². The third kappa shape index (κ3) is 5.45. The van der Waals surface area contributed by atoms with Gasteiger partial charge in [-0.1, -0.05) is 54.6 Å². The van der Waals surface area contributed by atoms with Crippen molar-refractivity contribution in [2.45, 2.75) is 12.8 Å². The van der Waals surface area contributed by atoms with Crippen LogP contribution in [-0.2, 0) is 22.9 Å². The highest BCUT2D eigenvalue weighted by molar-refractivity contribution is 7.92. The molecule has 1 amide bonds. The predicted octanol–water partition coefficient (Wildman–Crippen LogP) is 4.12. The van der Waals surface area contributed by atoms with Crippen molar-refractivity contribution in [1.29, 1.82) is 0 Å². The van der Waals surface area contributed by atoms with Crippen LogP contribution in [0.3, 0.4) is 0 Å². The molecule has 3 aromatic carbocycles. The summed E-state index contributed by atoms with van der Waals surface area (Å²) in [5.41, 5.74) is 3.84. The van der Waals surface area contributed by atoms with Crippen LogP contribution in [0.5, 0.6) is 0 Å². The first kappa shape index (κ1) is 20.6. The summed E-state index contributed by atoms with van der Waals surface area (Å²) in [5, 5.41) is 2.88. The van der Waals surface area contributed by atoms with Crippen LogP contribution in [-0.4, -0.2) is 27.6 Å². The predicted molar refractivity (Wildman–Crippen MR) is 118 cm³/mol. The van der Waals surface area contributed by atoms with E-state index in [4.69, 9.17) is 0 Å². The van der Waals surface area contributed by atoms with E-state index in [-0.39, 0.29) is 5.91 Å². The highest BCUT2D eigenvalue weighted by Gasteiger charge is 2.14. The SMILES string of the molecule is CN(c1cccc(NC(=O)c2ccccc2CCc2ccccc2)c1)S(C)(=O)=O. The average Bonchev–Trinajstić information content (AvgIpc) is 2.72. The second-order valence-corrected chi connectivity index (χ2v) is 8.89. The molecule has 0 heterocycles. The number of hydrogen-bond acceptors (Lipinski definition) is 3. The second-order valence-electron chi connectivity index (χ2n) is 6.88. The molecule has 0 atom stereocenters. The van der Waals surface area contributed by atoms with Crippen LogP contribution in [0, 0.1) is 0 Å². The van der Waals surface area contributed by atoms with Gasteiger partial charge in [0.05, 0.1) is 11.9 Å². The Labute approximate surface area is 172 Å². The van der Waals surface area contributed by atoms with Gasteiger partial charge in [-0.2, -0.15) is 0 Å². The minimum Gasteiger partial charge on any atom is -0.322 e. The van der Waals surface area contributed by atoms with Crippen LogP contribution in [0.1, 0.15) is 21.5 Å². The Morgan fingerprint density at radius 2 is 1.59 bits per heavy atom. The van der Waals surface area contributed by atoms with Crippen molar-refractivity contribution in [2.75, 3.05) is 22.9 Å². The van der Waals surface area contributed by atoms with Crippen molar-refractivity contribution >= 4 is 27.3 Å². The minimum atomic E-state index is -3.37. The Morgan fingerprint density at radius 1 is 0.897 bits per heavy atom. The van der Waals surface area contributed by atoms with E-state index in [1.165, 1.54) is 16.9 Å². The Balaban J connectivity index is 1.76. The molecule has 0 aliphatic heterocycles. The maximum absolute atomic E-state index is 12.9. The van der Waals surface area contributed by atoms with Crippen LogP contribution >= 0.6 is 0 Å². The zero-order chi connectivity index (χ0) is 20.9. The molecule has 3 aromatic rings.